The topological polar surface area (TPSA) is 47.6 Å². The molecule has 2 radical (unpaired) electrons. The summed E-state index contributed by atoms with van der Waals surface area (Å²) in [5.41, 5.74) is 0.723. The first-order chi connectivity index (χ1) is 9.80. The lowest BCUT2D eigenvalue weighted by Gasteiger charge is -2.20. The number of carbonyl (C=O) groups excluding carboxylic acids is 1. The fourth-order valence-electron chi connectivity index (χ4n) is 2.00. The summed E-state index contributed by atoms with van der Waals surface area (Å²) < 4.78 is 10.5. The van der Waals surface area contributed by atoms with Crippen LogP contribution < -0.4 is 15.5 Å². The van der Waals surface area contributed by atoms with Crippen LogP contribution in [0.15, 0.2) is 30.3 Å². The number of hydrogen-bond donors (Lipinski definition) is 1. The summed E-state index contributed by atoms with van der Waals surface area (Å²) in [6, 6.07) is 9.03. The van der Waals surface area contributed by atoms with Crippen molar-refractivity contribution < 1.29 is 14.3 Å². The van der Waals surface area contributed by atoms with Crippen molar-refractivity contribution in [3.8, 4) is 5.75 Å². The molecule has 0 spiro atoms. The van der Waals surface area contributed by atoms with Crippen molar-refractivity contribution in [3.05, 3.63) is 30.3 Å². The monoisotopic (exact) mass is 283 g/mol. The maximum Gasteiger partial charge on any atom is 0.412 e. The Labute approximate surface area is 125 Å². The number of ether oxygens (including phenoxy) is 2. The molecule has 0 aliphatic heterocycles. The van der Waals surface area contributed by atoms with Crippen molar-refractivity contribution in [3.63, 3.8) is 0 Å². The molecular weight excluding hydrogens is 265 g/mol. The van der Waals surface area contributed by atoms with E-state index in [0.29, 0.717) is 16.9 Å². The maximum atomic E-state index is 11.9. The first-order valence-corrected chi connectivity index (χ1v) is 6.66. The number of methoxy groups -OCH3 is 1. The van der Waals surface area contributed by atoms with Crippen LogP contribution in [0.1, 0.15) is 20.8 Å². The molecule has 2 aromatic rings. The average Bonchev–Trinajstić information content (AvgIpc) is 2.39. The van der Waals surface area contributed by atoms with Gasteiger partial charge in [-0.05, 0) is 44.4 Å². The van der Waals surface area contributed by atoms with Gasteiger partial charge in [0.2, 0.25) is 0 Å². The summed E-state index contributed by atoms with van der Waals surface area (Å²) >= 11 is 0. The lowest BCUT2D eigenvalue weighted by molar-refractivity contribution is 0.0636. The van der Waals surface area contributed by atoms with Gasteiger partial charge in [0.25, 0.3) is 0 Å². The molecule has 2 rings (SSSR count). The van der Waals surface area contributed by atoms with Gasteiger partial charge >= 0.3 is 6.09 Å². The molecule has 0 saturated carbocycles. The summed E-state index contributed by atoms with van der Waals surface area (Å²) in [6.07, 6.45) is -0.503. The summed E-state index contributed by atoms with van der Waals surface area (Å²) in [5.74, 6) is 0.695. The van der Waals surface area contributed by atoms with E-state index in [-0.39, 0.29) is 0 Å². The van der Waals surface area contributed by atoms with Crippen molar-refractivity contribution in [2.45, 2.75) is 26.4 Å². The Morgan fingerprint density at radius 2 is 1.86 bits per heavy atom. The number of anilines is 1. The third-order valence-electron chi connectivity index (χ3n) is 2.89. The third-order valence-corrected chi connectivity index (χ3v) is 2.89. The van der Waals surface area contributed by atoms with E-state index in [9.17, 15) is 4.79 Å². The molecule has 0 bridgehead atoms. The number of rotatable bonds is 2. The lowest BCUT2D eigenvalue weighted by Crippen LogP contribution is -2.27. The van der Waals surface area contributed by atoms with Gasteiger partial charge in [-0.15, -0.1) is 0 Å². The minimum atomic E-state index is -0.550. The zero-order valence-corrected chi connectivity index (χ0v) is 12.7. The molecule has 0 aliphatic carbocycles. The van der Waals surface area contributed by atoms with E-state index in [4.69, 9.17) is 17.3 Å². The van der Waals surface area contributed by atoms with Gasteiger partial charge in [-0.2, -0.15) is 0 Å². The van der Waals surface area contributed by atoms with Gasteiger partial charge in [0, 0.05) is 5.39 Å². The molecule has 1 N–H and O–H groups in total. The third kappa shape index (κ3) is 3.69. The molecule has 0 saturated heterocycles. The highest BCUT2D eigenvalue weighted by Gasteiger charge is 2.17. The van der Waals surface area contributed by atoms with Gasteiger partial charge in [0.05, 0.1) is 12.8 Å². The van der Waals surface area contributed by atoms with Crippen LogP contribution in [0.4, 0.5) is 10.5 Å². The number of carbonyl (C=O) groups is 1. The van der Waals surface area contributed by atoms with E-state index in [0.717, 1.165) is 10.8 Å². The minimum Gasteiger partial charge on any atom is -0.497 e. The average molecular weight is 283 g/mol. The normalized spacial score (nSPS) is 11.2. The Morgan fingerprint density at radius 3 is 2.48 bits per heavy atom. The molecule has 0 heterocycles. The van der Waals surface area contributed by atoms with Crippen LogP contribution in [-0.4, -0.2) is 26.7 Å². The molecular formula is C16H18BNO3. The van der Waals surface area contributed by atoms with Crippen LogP contribution in [0.5, 0.6) is 5.75 Å². The minimum absolute atomic E-state index is 0.503. The SMILES string of the molecule is [B]c1ccc(NC(=O)OC(C)(C)C)c2cc(OC)ccc12. The van der Waals surface area contributed by atoms with E-state index in [2.05, 4.69) is 5.32 Å². The largest absolute Gasteiger partial charge is 0.497 e. The number of nitrogens with one attached hydrogen (secondary N) is 1. The van der Waals surface area contributed by atoms with E-state index in [1.807, 2.05) is 39.0 Å². The highest BCUT2D eigenvalue weighted by Crippen LogP contribution is 2.26. The van der Waals surface area contributed by atoms with Crippen LogP contribution in [0.3, 0.4) is 0 Å². The van der Waals surface area contributed by atoms with Crippen molar-refractivity contribution in [2.24, 2.45) is 0 Å². The zero-order chi connectivity index (χ0) is 15.6. The fourth-order valence-corrected chi connectivity index (χ4v) is 2.00. The van der Waals surface area contributed by atoms with Gasteiger partial charge in [-0.1, -0.05) is 17.6 Å². The lowest BCUT2D eigenvalue weighted by atomic mass is 9.89. The number of amides is 1. The molecule has 0 aliphatic rings. The van der Waals surface area contributed by atoms with Crippen molar-refractivity contribution in [1.82, 2.24) is 0 Å². The Balaban J connectivity index is 2.39. The van der Waals surface area contributed by atoms with Crippen molar-refractivity contribution in [1.29, 1.82) is 0 Å². The second kappa shape index (κ2) is 5.68. The van der Waals surface area contributed by atoms with Gasteiger partial charge < -0.3 is 9.47 Å². The summed E-state index contributed by atoms with van der Waals surface area (Å²) in [4.78, 5) is 11.9. The Hall–Kier alpha value is -2.17. The van der Waals surface area contributed by atoms with E-state index < -0.39 is 11.7 Å². The molecule has 108 valence electrons. The highest BCUT2D eigenvalue weighted by atomic mass is 16.6. The fraction of sp³-hybridized carbons (Fsp3) is 0.312. The molecule has 0 fully saturated rings. The predicted octanol–water partition coefficient (Wildman–Crippen LogP) is 2.99. The summed E-state index contributed by atoms with van der Waals surface area (Å²) in [5, 5.41) is 4.40. The second-order valence-electron chi connectivity index (χ2n) is 5.74. The number of fused-ring (bicyclic) bond motifs is 1. The van der Waals surface area contributed by atoms with Gasteiger partial charge in [-0.25, -0.2) is 4.79 Å². The first kappa shape index (κ1) is 15.2. The Bertz CT molecular complexity index is 677. The predicted molar refractivity (Wildman–Crippen MR) is 85.7 cm³/mol. The van der Waals surface area contributed by atoms with E-state index in [1.54, 1.807) is 19.2 Å². The molecule has 0 aromatic heterocycles. The number of benzene rings is 2. The standard InChI is InChI=1S/C16H18BNO3/c1-16(2,3)21-15(19)18-14-8-7-13(17)11-6-5-10(20-4)9-12(11)14/h5-9H,1-4H3,(H,18,19). The molecule has 21 heavy (non-hydrogen) atoms. The molecule has 4 nitrogen and oxygen atoms in total. The van der Waals surface area contributed by atoms with Crippen LogP contribution in [0, 0.1) is 0 Å². The van der Waals surface area contributed by atoms with Gasteiger partial charge in [0.15, 0.2) is 0 Å². The smallest absolute Gasteiger partial charge is 0.412 e. The zero-order valence-electron chi connectivity index (χ0n) is 12.7. The molecule has 0 atom stereocenters. The van der Waals surface area contributed by atoms with E-state index in [1.165, 1.54) is 0 Å². The van der Waals surface area contributed by atoms with E-state index >= 15 is 0 Å². The van der Waals surface area contributed by atoms with Crippen molar-refractivity contribution >= 4 is 35.9 Å². The van der Waals surface area contributed by atoms with Gasteiger partial charge in [-0.3, -0.25) is 5.32 Å². The maximum absolute atomic E-state index is 11.9. The quantitative estimate of drug-likeness (QED) is 0.862. The number of hydrogen-bond acceptors (Lipinski definition) is 3. The van der Waals surface area contributed by atoms with Crippen LogP contribution in [0.25, 0.3) is 10.8 Å². The van der Waals surface area contributed by atoms with Crippen molar-refractivity contribution in [2.75, 3.05) is 12.4 Å². The highest BCUT2D eigenvalue weighted by molar-refractivity contribution is 6.39. The summed E-state index contributed by atoms with van der Waals surface area (Å²) in [6.45, 7) is 5.45. The Morgan fingerprint density at radius 1 is 1.14 bits per heavy atom. The molecule has 2 aromatic carbocycles. The van der Waals surface area contributed by atoms with Crippen LogP contribution in [-0.2, 0) is 4.74 Å². The Kier molecular flexibility index (Phi) is 4.12. The second-order valence-corrected chi connectivity index (χ2v) is 5.74. The first-order valence-electron chi connectivity index (χ1n) is 6.66. The molecule has 1 amide bonds. The van der Waals surface area contributed by atoms with Crippen LogP contribution >= 0.6 is 0 Å². The van der Waals surface area contributed by atoms with Gasteiger partial charge in [0.1, 0.15) is 19.2 Å². The molecule has 0 unspecified atom stereocenters. The summed E-state index contributed by atoms with van der Waals surface area (Å²) in [7, 11) is 7.56. The van der Waals surface area contributed by atoms with Crippen LogP contribution in [0.2, 0.25) is 0 Å². The molecule has 5 heteroatoms.